The molecule has 0 aliphatic carbocycles. The Kier molecular flexibility index (Phi) is 4.71. The molecule has 0 aromatic heterocycles. The molecule has 0 amide bonds. The van der Waals surface area contributed by atoms with Gasteiger partial charge in [-0.2, -0.15) is 0 Å². The molecule has 1 aromatic rings. The molecule has 0 saturated carbocycles. The summed E-state index contributed by atoms with van der Waals surface area (Å²) in [5.74, 6) is -0.947. The molecule has 0 bridgehead atoms. The van der Waals surface area contributed by atoms with Gasteiger partial charge in [0.2, 0.25) is 5.78 Å². The average molecular weight is 252 g/mol. The van der Waals surface area contributed by atoms with Crippen LogP contribution in [-0.4, -0.2) is 33.1 Å². The third-order valence-electron chi connectivity index (χ3n) is 2.69. The summed E-state index contributed by atoms with van der Waals surface area (Å²) in [5.41, 5.74) is 0.669. The Hall–Kier alpha value is -2.04. The highest BCUT2D eigenvalue weighted by Gasteiger charge is 2.24. The fraction of sp³-hybridized carbons (Fsp3) is 0.385. The van der Waals surface area contributed by atoms with Crippen molar-refractivity contribution in [2.24, 2.45) is 0 Å². The Bertz CT molecular complexity index is 453. The Labute approximate surface area is 106 Å². The van der Waals surface area contributed by atoms with Gasteiger partial charge in [0.25, 0.3) is 0 Å². The van der Waals surface area contributed by atoms with Crippen molar-refractivity contribution in [2.45, 2.75) is 12.8 Å². The van der Waals surface area contributed by atoms with Gasteiger partial charge in [0, 0.05) is 0 Å². The molecule has 0 aliphatic rings. The summed E-state index contributed by atoms with van der Waals surface area (Å²) in [7, 11) is 4.22. The number of ether oxygens (including phenoxy) is 3. The van der Waals surface area contributed by atoms with Gasteiger partial charge in [0.05, 0.1) is 27.2 Å². The Balaban J connectivity index is 3.03. The van der Waals surface area contributed by atoms with Crippen LogP contribution in [0.1, 0.15) is 18.4 Å². The largest absolute Gasteiger partial charge is 0.493 e. The molecule has 1 atom stereocenters. The molecule has 0 fully saturated rings. The van der Waals surface area contributed by atoms with Crippen LogP contribution in [0.5, 0.6) is 11.5 Å². The normalized spacial score (nSPS) is 11.6. The monoisotopic (exact) mass is 252 g/mol. The van der Waals surface area contributed by atoms with Gasteiger partial charge in [-0.1, -0.05) is 13.0 Å². The molecule has 0 aliphatic heterocycles. The first-order valence-electron chi connectivity index (χ1n) is 5.39. The number of Topliss-reactive ketones (excluding diaryl/α,β-unsaturated/α-hetero) is 1. The Morgan fingerprint density at radius 1 is 1.06 bits per heavy atom. The van der Waals surface area contributed by atoms with Gasteiger partial charge in [-0.3, -0.25) is 4.79 Å². The maximum absolute atomic E-state index is 11.7. The molecule has 0 spiro atoms. The van der Waals surface area contributed by atoms with Crippen LogP contribution in [-0.2, 0) is 14.3 Å². The summed E-state index contributed by atoms with van der Waals surface area (Å²) >= 11 is 0. The number of benzene rings is 1. The lowest BCUT2D eigenvalue weighted by molar-refractivity contribution is -0.152. The van der Waals surface area contributed by atoms with Crippen LogP contribution < -0.4 is 9.47 Å². The lowest BCUT2D eigenvalue weighted by Crippen LogP contribution is -2.21. The number of methoxy groups -OCH3 is 3. The van der Waals surface area contributed by atoms with E-state index in [0.29, 0.717) is 17.1 Å². The predicted octanol–water partition coefficient (Wildman–Crippen LogP) is 1.55. The van der Waals surface area contributed by atoms with E-state index >= 15 is 0 Å². The summed E-state index contributed by atoms with van der Waals surface area (Å²) in [6, 6.07) is 5.08. The molecule has 0 heterocycles. The van der Waals surface area contributed by atoms with E-state index in [9.17, 15) is 9.59 Å². The van der Waals surface area contributed by atoms with E-state index in [4.69, 9.17) is 9.47 Å². The number of carbonyl (C=O) groups excluding carboxylic acids is 2. The first-order chi connectivity index (χ1) is 8.54. The zero-order valence-electron chi connectivity index (χ0n) is 10.9. The van der Waals surface area contributed by atoms with Crippen molar-refractivity contribution in [3.8, 4) is 11.5 Å². The fourth-order valence-electron chi connectivity index (χ4n) is 1.55. The van der Waals surface area contributed by atoms with E-state index in [1.807, 2.05) is 0 Å². The number of rotatable bonds is 5. The van der Waals surface area contributed by atoms with Crippen LogP contribution in [0.3, 0.4) is 0 Å². The zero-order valence-corrected chi connectivity index (χ0v) is 10.9. The second kappa shape index (κ2) is 6.05. The minimum absolute atomic E-state index is 0.513. The van der Waals surface area contributed by atoms with Gasteiger partial charge in [-0.05, 0) is 17.7 Å². The van der Waals surface area contributed by atoms with Crippen molar-refractivity contribution >= 4 is 11.8 Å². The third-order valence-corrected chi connectivity index (χ3v) is 2.69. The first-order valence-corrected chi connectivity index (χ1v) is 5.39. The zero-order chi connectivity index (χ0) is 13.7. The second-order valence-corrected chi connectivity index (χ2v) is 3.69. The van der Waals surface area contributed by atoms with Gasteiger partial charge in [0.15, 0.2) is 11.5 Å². The summed E-state index contributed by atoms with van der Waals surface area (Å²) in [6.07, 6.45) is 0. The second-order valence-electron chi connectivity index (χ2n) is 3.69. The minimum Gasteiger partial charge on any atom is -0.493 e. The van der Waals surface area contributed by atoms with Crippen LogP contribution in [0.25, 0.3) is 0 Å². The van der Waals surface area contributed by atoms with Gasteiger partial charge in [-0.15, -0.1) is 0 Å². The fourth-order valence-corrected chi connectivity index (χ4v) is 1.55. The molecular formula is C13H16O5. The van der Waals surface area contributed by atoms with Crippen LogP contribution in [0.2, 0.25) is 0 Å². The summed E-state index contributed by atoms with van der Waals surface area (Å²) in [5, 5.41) is 0. The smallest absolute Gasteiger partial charge is 0.374 e. The third kappa shape index (κ3) is 2.80. The molecule has 0 N–H and O–H groups in total. The van der Waals surface area contributed by atoms with Crippen LogP contribution >= 0.6 is 0 Å². The van der Waals surface area contributed by atoms with Crippen LogP contribution in [0.4, 0.5) is 0 Å². The summed E-state index contributed by atoms with van der Waals surface area (Å²) in [4.78, 5) is 22.9. The summed E-state index contributed by atoms with van der Waals surface area (Å²) < 4.78 is 14.7. The molecular weight excluding hydrogens is 236 g/mol. The van der Waals surface area contributed by atoms with Crippen molar-refractivity contribution in [3.05, 3.63) is 23.8 Å². The van der Waals surface area contributed by atoms with Gasteiger partial charge < -0.3 is 14.2 Å². The molecule has 1 rings (SSSR count). The van der Waals surface area contributed by atoms with Crippen LogP contribution in [0.15, 0.2) is 18.2 Å². The van der Waals surface area contributed by atoms with Gasteiger partial charge in [-0.25, -0.2) is 4.79 Å². The molecule has 98 valence electrons. The Morgan fingerprint density at radius 2 is 1.67 bits per heavy atom. The van der Waals surface area contributed by atoms with E-state index in [1.54, 1.807) is 25.1 Å². The molecule has 0 radical (unpaired) electrons. The first kappa shape index (κ1) is 14.0. The Morgan fingerprint density at radius 3 is 2.17 bits per heavy atom. The quantitative estimate of drug-likeness (QED) is 0.587. The highest BCUT2D eigenvalue weighted by atomic mass is 16.5. The highest BCUT2D eigenvalue weighted by molar-refractivity contribution is 6.35. The van der Waals surface area contributed by atoms with E-state index in [-0.39, 0.29) is 0 Å². The molecule has 18 heavy (non-hydrogen) atoms. The van der Waals surface area contributed by atoms with Crippen LogP contribution in [0, 0.1) is 0 Å². The summed E-state index contributed by atoms with van der Waals surface area (Å²) in [6.45, 7) is 1.64. The number of ketones is 1. The number of hydrogen-bond donors (Lipinski definition) is 0. The topological polar surface area (TPSA) is 61.8 Å². The number of esters is 1. The van der Waals surface area contributed by atoms with Crippen molar-refractivity contribution in [3.63, 3.8) is 0 Å². The highest BCUT2D eigenvalue weighted by Crippen LogP contribution is 2.30. The van der Waals surface area contributed by atoms with E-state index in [1.165, 1.54) is 21.3 Å². The molecule has 1 unspecified atom stereocenters. The van der Waals surface area contributed by atoms with E-state index in [2.05, 4.69) is 4.74 Å². The minimum atomic E-state index is -0.850. The van der Waals surface area contributed by atoms with Gasteiger partial charge >= 0.3 is 5.97 Å². The maximum Gasteiger partial charge on any atom is 0.374 e. The lowest BCUT2D eigenvalue weighted by atomic mass is 9.96. The van der Waals surface area contributed by atoms with Crippen molar-refractivity contribution in [1.82, 2.24) is 0 Å². The molecule has 5 nitrogen and oxygen atoms in total. The average Bonchev–Trinajstić information content (AvgIpc) is 2.43. The van der Waals surface area contributed by atoms with E-state index < -0.39 is 17.7 Å². The molecule has 0 saturated heterocycles. The molecule has 5 heteroatoms. The number of hydrogen-bond acceptors (Lipinski definition) is 5. The standard InChI is InChI=1S/C13H16O5/c1-8(12(14)13(15)18-4)9-5-6-10(16-2)11(7-9)17-3/h5-8H,1-4H3. The van der Waals surface area contributed by atoms with Gasteiger partial charge in [0.1, 0.15) is 0 Å². The lowest BCUT2D eigenvalue weighted by Gasteiger charge is -2.13. The molecule has 1 aromatic carbocycles. The SMILES string of the molecule is COC(=O)C(=O)C(C)c1ccc(OC)c(OC)c1. The van der Waals surface area contributed by atoms with Crippen molar-refractivity contribution < 1.29 is 23.8 Å². The predicted molar refractivity (Wildman–Crippen MR) is 65.0 cm³/mol. The number of carbonyl (C=O) groups is 2. The van der Waals surface area contributed by atoms with E-state index in [0.717, 1.165) is 0 Å². The van der Waals surface area contributed by atoms with Crippen molar-refractivity contribution in [1.29, 1.82) is 0 Å². The maximum atomic E-state index is 11.7. The van der Waals surface area contributed by atoms with Crippen molar-refractivity contribution in [2.75, 3.05) is 21.3 Å².